The molecule has 106 valence electrons. The minimum atomic E-state index is -0.332. The van der Waals surface area contributed by atoms with Gasteiger partial charge in [-0.15, -0.1) is 11.3 Å². The van der Waals surface area contributed by atoms with E-state index < -0.39 is 0 Å². The predicted octanol–water partition coefficient (Wildman–Crippen LogP) is 3.73. The highest BCUT2D eigenvalue weighted by Gasteiger charge is 2.20. The second kappa shape index (κ2) is 5.76. The molecule has 1 unspecified atom stereocenters. The third-order valence-electron chi connectivity index (χ3n) is 3.48. The van der Waals surface area contributed by atoms with Crippen LogP contribution in [0.15, 0.2) is 24.3 Å². The Bertz CT molecular complexity index is 603. The van der Waals surface area contributed by atoms with Crippen molar-refractivity contribution in [2.24, 2.45) is 5.73 Å². The highest BCUT2D eigenvalue weighted by molar-refractivity contribution is 7.98. The van der Waals surface area contributed by atoms with Crippen molar-refractivity contribution in [3.63, 3.8) is 0 Å². The Labute approximate surface area is 126 Å². The Balaban J connectivity index is 1.97. The van der Waals surface area contributed by atoms with Crippen LogP contribution < -0.4 is 10.5 Å². The summed E-state index contributed by atoms with van der Waals surface area (Å²) in [4.78, 5) is 2.51. The van der Waals surface area contributed by atoms with E-state index in [0.717, 1.165) is 17.1 Å². The van der Waals surface area contributed by atoms with Crippen LogP contribution in [0.1, 0.15) is 26.9 Å². The predicted molar refractivity (Wildman–Crippen MR) is 83.2 cm³/mol. The first-order valence-corrected chi connectivity index (χ1v) is 8.44. The molecule has 0 amide bonds. The standard InChI is InChI=1S/C15H16FNOS2/c1-18-12-3-2-10(16)7-11(12)15(17)14-6-9-8-19-5-4-13(9)20-14/h2-3,6-7,15H,4-5,8,17H2,1H3. The highest BCUT2D eigenvalue weighted by atomic mass is 32.2. The summed E-state index contributed by atoms with van der Waals surface area (Å²) >= 11 is 3.70. The van der Waals surface area contributed by atoms with Crippen molar-refractivity contribution >= 4 is 23.1 Å². The lowest BCUT2D eigenvalue weighted by molar-refractivity contribution is 0.406. The van der Waals surface area contributed by atoms with Gasteiger partial charge in [-0.25, -0.2) is 4.39 Å². The summed E-state index contributed by atoms with van der Waals surface area (Å²) in [5.74, 6) is 2.58. The summed E-state index contributed by atoms with van der Waals surface area (Å²) in [7, 11) is 1.58. The van der Waals surface area contributed by atoms with Crippen molar-refractivity contribution in [2.75, 3.05) is 12.9 Å². The first-order valence-electron chi connectivity index (χ1n) is 6.47. The fourth-order valence-corrected chi connectivity index (χ4v) is 4.82. The molecule has 0 aliphatic carbocycles. The van der Waals surface area contributed by atoms with Crippen LogP contribution in [0.4, 0.5) is 4.39 Å². The number of ether oxygens (including phenoxy) is 1. The molecule has 0 saturated heterocycles. The molecule has 1 aromatic carbocycles. The van der Waals surface area contributed by atoms with Gasteiger partial charge in [0.1, 0.15) is 11.6 Å². The fourth-order valence-electron chi connectivity index (χ4n) is 2.43. The lowest BCUT2D eigenvalue weighted by Gasteiger charge is -2.14. The van der Waals surface area contributed by atoms with Crippen LogP contribution in [-0.4, -0.2) is 12.9 Å². The minimum Gasteiger partial charge on any atom is -0.496 e. The maximum Gasteiger partial charge on any atom is 0.124 e. The number of methoxy groups -OCH3 is 1. The second-order valence-corrected chi connectivity index (χ2v) is 7.04. The number of fused-ring (bicyclic) bond motifs is 1. The maximum absolute atomic E-state index is 13.5. The largest absolute Gasteiger partial charge is 0.496 e. The van der Waals surface area contributed by atoms with Crippen LogP contribution in [0.3, 0.4) is 0 Å². The molecule has 2 N–H and O–H groups in total. The van der Waals surface area contributed by atoms with Gasteiger partial charge < -0.3 is 10.5 Å². The number of halogens is 1. The number of thioether (sulfide) groups is 1. The topological polar surface area (TPSA) is 35.2 Å². The van der Waals surface area contributed by atoms with Gasteiger partial charge in [0.2, 0.25) is 0 Å². The molecular weight excluding hydrogens is 293 g/mol. The molecule has 0 saturated carbocycles. The summed E-state index contributed by atoms with van der Waals surface area (Å²) < 4.78 is 18.8. The van der Waals surface area contributed by atoms with Gasteiger partial charge in [0.15, 0.2) is 0 Å². The smallest absolute Gasteiger partial charge is 0.124 e. The van der Waals surface area contributed by atoms with E-state index in [0.29, 0.717) is 11.3 Å². The van der Waals surface area contributed by atoms with E-state index in [-0.39, 0.29) is 11.9 Å². The van der Waals surface area contributed by atoms with E-state index in [1.807, 2.05) is 11.8 Å². The van der Waals surface area contributed by atoms with E-state index in [4.69, 9.17) is 10.5 Å². The van der Waals surface area contributed by atoms with Gasteiger partial charge in [0.25, 0.3) is 0 Å². The van der Waals surface area contributed by atoms with Crippen LogP contribution in [0.5, 0.6) is 5.75 Å². The Morgan fingerprint density at radius 2 is 2.20 bits per heavy atom. The van der Waals surface area contributed by atoms with Crippen molar-refractivity contribution in [1.82, 2.24) is 0 Å². The van der Waals surface area contributed by atoms with Crippen LogP contribution in [0.2, 0.25) is 0 Å². The number of thiophene rings is 1. The van der Waals surface area contributed by atoms with Crippen molar-refractivity contribution in [3.05, 3.63) is 51.0 Å². The maximum atomic E-state index is 13.5. The fraction of sp³-hybridized carbons (Fsp3) is 0.333. The summed E-state index contributed by atoms with van der Waals surface area (Å²) in [6, 6.07) is 6.33. The van der Waals surface area contributed by atoms with Gasteiger partial charge in [-0.1, -0.05) is 0 Å². The molecule has 2 nitrogen and oxygen atoms in total. The first kappa shape index (κ1) is 13.9. The molecule has 2 heterocycles. The van der Waals surface area contributed by atoms with Crippen LogP contribution in [-0.2, 0) is 12.2 Å². The van der Waals surface area contributed by atoms with E-state index in [1.54, 1.807) is 24.5 Å². The quantitative estimate of drug-likeness (QED) is 0.938. The average molecular weight is 309 g/mol. The normalized spacial score (nSPS) is 15.8. The number of hydrogen-bond donors (Lipinski definition) is 1. The minimum absolute atomic E-state index is 0.284. The third-order valence-corrected chi connectivity index (χ3v) is 5.81. The third kappa shape index (κ3) is 2.57. The number of rotatable bonds is 3. The van der Waals surface area contributed by atoms with Gasteiger partial charge in [-0.05, 0) is 42.0 Å². The van der Waals surface area contributed by atoms with E-state index in [2.05, 4.69) is 6.07 Å². The van der Waals surface area contributed by atoms with Gasteiger partial charge in [0, 0.05) is 21.1 Å². The van der Waals surface area contributed by atoms with Gasteiger partial charge in [-0.2, -0.15) is 11.8 Å². The molecule has 1 aliphatic heterocycles. The van der Waals surface area contributed by atoms with Crippen LogP contribution >= 0.6 is 23.1 Å². The Kier molecular flexibility index (Phi) is 4.01. The highest BCUT2D eigenvalue weighted by Crippen LogP contribution is 2.37. The van der Waals surface area contributed by atoms with Gasteiger partial charge in [-0.3, -0.25) is 0 Å². The molecule has 0 bridgehead atoms. The number of nitrogens with two attached hydrogens (primary N) is 1. The molecule has 2 aromatic rings. The van der Waals surface area contributed by atoms with Crippen LogP contribution in [0, 0.1) is 5.82 Å². The first-order chi connectivity index (χ1) is 9.69. The Morgan fingerprint density at radius 1 is 1.35 bits per heavy atom. The summed E-state index contributed by atoms with van der Waals surface area (Å²) in [6.45, 7) is 0. The van der Waals surface area contributed by atoms with E-state index >= 15 is 0 Å². The lowest BCUT2D eigenvalue weighted by Crippen LogP contribution is -2.12. The van der Waals surface area contributed by atoms with Crippen molar-refractivity contribution < 1.29 is 9.13 Å². The molecule has 5 heteroatoms. The number of hydrogen-bond acceptors (Lipinski definition) is 4. The molecule has 0 radical (unpaired) electrons. The SMILES string of the molecule is COc1ccc(F)cc1C(N)c1cc2c(s1)CCSC2. The zero-order valence-electron chi connectivity index (χ0n) is 11.2. The van der Waals surface area contributed by atoms with Crippen LogP contribution in [0.25, 0.3) is 0 Å². The summed E-state index contributed by atoms with van der Waals surface area (Å²) in [5, 5.41) is 0. The van der Waals surface area contributed by atoms with E-state index in [1.165, 1.54) is 28.3 Å². The van der Waals surface area contributed by atoms with Crippen molar-refractivity contribution in [2.45, 2.75) is 18.2 Å². The summed E-state index contributed by atoms with van der Waals surface area (Å²) in [6.07, 6.45) is 1.11. The molecular formula is C15H16FNOS2. The molecule has 1 atom stereocenters. The number of benzene rings is 1. The molecule has 0 spiro atoms. The molecule has 0 fully saturated rings. The van der Waals surface area contributed by atoms with E-state index in [9.17, 15) is 4.39 Å². The zero-order valence-corrected chi connectivity index (χ0v) is 12.8. The Hall–Kier alpha value is -1.04. The molecule has 1 aromatic heterocycles. The monoisotopic (exact) mass is 309 g/mol. The Morgan fingerprint density at radius 3 is 2.95 bits per heavy atom. The average Bonchev–Trinajstić information content (AvgIpc) is 2.90. The van der Waals surface area contributed by atoms with Crippen molar-refractivity contribution in [3.8, 4) is 5.75 Å². The van der Waals surface area contributed by atoms with Gasteiger partial charge >= 0.3 is 0 Å². The second-order valence-electron chi connectivity index (χ2n) is 4.76. The lowest BCUT2D eigenvalue weighted by atomic mass is 10.0. The molecule has 3 rings (SSSR count). The van der Waals surface area contributed by atoms with Crippen molar-refractivity contribution in [1.29, 1.82) is 0 Å². The number of aryl methyl sites for hydroxylation is 1. The summed E-state index contributed by atoms with van der Waals surface area (Å²) in [5.41, 5.74) is 8.42. The zero-order chi connectivity index (χ0) is 14.1. The molecule has 1 aliphatic rings. The van der Waals surface area contributed by atoms with Gasteiger partial charge in [0.05, 0.1) is 13.2 Å². The molecule has 20 heavy (non-hydrogen) atoms.